The van der Waals surface area contributed by atoms with E-state index >= 15 is 0 Å². The number of hydrogen-bond donors (Lipinski definition) is 3. The summed E-state index contributed by atoms with van der Waals surface area (Å²) in [6, 6.07) is 8.33. The van der Waals surface area contributed by atoms with E-state index in [0.29, 0.717) is 42.0 Å². The fourth-order valence-corrected chi connectivity index (χ4v) is 6.15. The minimum atomic E-state index is -4.56. The first-order valence-corrected chi connectivity index (χ1v) is 15.3. The van der Waals surface area contributed by atoms with Crippen LogP contribution in [0.2, 0.25) is 0 Å². The number of carbonyl (C=O) groups is 2. The smallest absolute Gasteiger partial charge is 0.383 e. The summed E-state index contributed by atoms with van der Waals surface area (Å²) >= 11 is 0. The molecule has 46 heavy (non-hydrogen) atoms. The number of likely N-dealkylation sites (N-methyl/N-ethyl adjacent to an activating group) is 1. The lowest BCUT2D eigenvalue weighted by molar-refractivity contribution is -0.137. The van der Waals surface area contributed by atoms with Gasteiger partial charge in [0.2, 0.25) is 5.91 Å². The SMILES string of the molecule is C[C@@H]1CNC(=O)[C@@H]2CCC[C@H](C2)n2nc(-c3ccc(C(=O)Nc4cc(C(F)(F)F)ccn4)cc3)c3c(N)ncc(c32)/C=C/CN1C. The number of benzene rings is 1. The molecule has 2 bridgehead atoms. The molecule has 1 saturated carbocycles. The van der Waals surface area contributed by atoms with Gasteiger partial charge >= 0.3 is 6.18 Å². The van der Waals surface area contributed by atoms with Crippen LogP contribution in [0.25, 0.3) is 28.2 Å². The van der Waals surface area contributed by atoms with Gasteiger partial charge in [0, 0.05) is 54.1 Å². The quantitative estimate of drug-likeness (QED) is 0.270. The number of nitrogens with one attached hydrogen (secondary N) is 2. The molecule has 13 heteroatoms. The molecule has 2 aliphatic rings. The minimum absolute atomic E-state index is 0.0391. The van der Waals surface area contributed by atoms with E-state index in [4.69, 9.17) is 10.8 Å². The number of amides is 2. The molecule has 0 radical (unpaired) electrons. The topological polar surface area (TPSA) is 131 Å². The van der Waals surface area contributed by atoms with E-state index in [9.17, 15) is 22.8 Å². The van der Waals surface area contributed by atoms with Crippen molar-refractivity contribution in [1.29, 1.82) is 0 Å². The number of nitrogen functional groups attached to an aromatic ring is 1. The van der Waals surface area contributed by atoms with Crippen molar-refractivity contribution >= 4 is 40.4 Å². The van der Waals surface area contributed by atoms with Gasteiger partial charge in [-0.15, -0.1) is 0 Å². The Bertz CT molecular complexity index is 1800. The average Bonchev–Trinajstić information content (AvgIpc) is 3.46. The van der Waals surface area contributed by atoms with Crippen molar-refractivity contribution in [2.24, 2.45) is 5.92 Å². The first-order chi connectivity index (χ1) is 22.0. The summed E-state index contributed by atoms with van der Waals surface area (Å²) in [6.07, 6.45) is 5.46. The number of fused-ring (bicyclic) bond motifs is 3. The molecule has 240 valence electrons. The molecule has 1 fully saturated rings. The Hall–Kier alpha value is -4.78. The second-order valence-electron chi connectivity index (χ2n) is 12.0. The predicted octanol–water partition coefficient (Wildman–Crippen LogP) is 5.54. The van der Waals surface area contributed by atoms with Crippen LogP contribution in [-0.4, -0.2) is 62.6 Å². The van der Waals surface area contributed by atoms with E-state index < -0.39 is 17.6 Å². The minimum Gasteiger partial charge on any atom is -0.383 e. The number of nitrogens with two attached hydrogens (primary N) is 1. The van der Waals surface area contributed by atoms with Crippen molar-refractivity contribution in [1.82, 2.24) is 30.0 Å². The van der Waals surface area contributed by atoms with Gasteiger partial charge in [-0.2, -0.15) is 18.3 Å². The Morgan fingerprint density at radius 2 is 1.91 bits per heavy atom. The van der Waals surface area contributed by atoms with Gasteiger partial charge in [-0.05, 0) is 57.5 Å². The number of rotatable bonds is 3. The number of pyridine rings is 2. The van der Waals surface area contributed by atoms with E-state index in [0.717, 1.165) is 48.7 Å². The summed E-state index contributed by atoms with van der Waals surface area (Å²) in [5.74, 6) is -0.578. The van der Waals surface area contributed by atoms with Crippen LogP contribution in [0.1, 0.15) is 60.1 Å². The van der Waals surface area contributed by atoms with E-state index in [-0.39, 0.29) is 35.3 Å². The van der Waals surface area contributed by atoms with Crippen LogP contribution in [0.4, 0.5) is 24.8 Å². The molecule has 3 atom stereocenters. The Kier molecular flexibility index (Phi) is 8.51. The maximum absolute atomic E-state index is 13.2. The van der Waals surface area contributed by atoms with Gasteiger partial charge in [0.05, 0.1) is 22.5 Å². The van der Waals surface area contributed by atoms with Gasteiger partial charge in [0.25, 0.3) is 5.91 Å². The Labute approximate surface area is 263 Å². The molecule has 0 unspecified atom stereocenters. The highest BCUT2D eigenvalue weighted by molar-refractivity contribution is 6.06. The Morgan fingerprint density at radius 3 is 2.67 bits per heavy atom. The first-order valence-electron chi connectivity index (χ1n) is 15.3. The molecule has 2 amide bonds. The van der Waals surface area contributed by atoms with Crippen molar-refractivity contribution in [3.63, 3.8) is 0 Å². The second-order valence-corrected chi connectivity index (χ2v) is 12.0. The number of anilines is 2. The summed E-state index contributed by atoms with van der Waals surface area (Å²) in [5.41, 5.74) is 8.78. The zero-order chi connectivity index (χ0) is 32.6. The highest BCUT2D eigenvalue weighted by Gasteiger charge is 2.32. The fourth-order valence-electron chi connectivity index (χ4n) is 6.15. The second kappa shape index (κ2) is 12.5. The van der Waals surface area contributed by atoms with Crippen molar-refractivity contribution < 1.29 is 22.8 Å². The average molecular weight is 633 g/mol. The van der Waals surface area contributed by atoms with Gasteiger partial charge in [0.1, 0.15) is 17.3 Å². The van der Waals surface area contributed by atoms with E-state index in [1.807, 2.05) is 17.8 Å². The van der Waals surface area contributed by atoms with Crippen LogP contribution in [0.5, 0.6) is 0 Å². The highest BCUT2D eigenvalue weighted by atomic mass is 19.4. The lowest BCUT2D eigenvalue weighted by atomic mass is 9.85. The molecule has 10 nitrogen and oxygen atoms in total. The van der Waals surface area contributed by atoms with E-state index in [1.54, 1.807) is 30.5 Å². The number of halogens is 3. The number of alkyl halides is 3. The van der Waals surface area contributed by atoms with Crippen LogP contribution >= 0.6 is 0 Å². The maximum atomic E-state index is 13.2. The van der Waals surface area contributed by atoms with Gasteiger partial charge in [-0.3, -0.25) is 19.2 Å². The molecule has 0 saturated heterocycles. The lowest BCUT2D eigenvalue weighted by Gasteiger charge is -2.30. The first kappa shape index (κ1) is 31.2. The van der Waals surface area contributed by atoms with Crippen molar-refractivity contribution in [3.05, 3.63) is 71.6 Å². The van der Waals surface area contributed by atoms with Crippen LogP contribution in [-0.2, 0) is 11.0 Å². The number of hydrogen-bond acceptors (Lipinski definition) is 7. The molecule has 4 N–H and O–H groups in total. The van der Waals surface area contributed by atoms with Crippen LogP contribution in [0, 0.1) is 5.92 Å². The van der Waals surface area contributed by atoms with E-state index in [1.165, 1.54) is 0 Å². The summed E-state index contributed by atoms with van der Waals surface area (Å²) in [5, 5.41) is 11.3. The third kappa shape index (κ3) is 6.32. The largest absolute Gasteiger partial charge is 0.416 e. The van der Waals surface area contributed by atoms with Crippen LogP contribution in [0.15, 0.2) is 54.9 Å². The van der Waals surface area contributed by atoms with Crippen LogP contribution < -0.4 is 16.4 Å². The molecule has 4 heterocycles. The van der Waals surface area contributed by atoms with Crippen molar-refractivity contribution in [2.75, 3.05) is 31.2 Å². The van der Waals surface area contributed by atoms with Crippen molar-refractivity contribution in [2.45, 2.75) is 50.9 Å². The molecule has 1 aliphatic carbocycles. The normalized spacial score (nSPS) is 21.8. The molecule has 1 aliphatic heterocycles. The molecule has 4 aromatic rings. The molecule has 6 rings (SSSR count). The third-order valence-electron chi connectivity index (χ3n) is 8.91. The van der Waals surface area contributed by atoms with Gasteiger partial charge < -0.3 is 16.4 Å². The molecule has 3 aromatic heterocycles. The lowest BCUT2D eigenvalue weighted by Crippen LogP contribution is -2.43. The molecule has 1 aromatic carbocycles. The molecular formula is C33H35F3N8O2. The number of nitrogens with zero attached hydrogens (tertiary/aromatic N) is 5. The molecular weight excluding hydrogens is 597 g/mol. The zero-order valence-corrected chi connectivity index (χ0v) is 25.5. The van der Waals surface area contributed by atoms with Crippen molar-refractivity contribution in [3.8, 4) is 11.3 Å². The fraction of sp³-hybridized carbons (Fsp3) is 0.364. The highest BCUT2D eigenvalue weighted by Crippen LogP contribution is 2.40. The summed E-state index contributed by atoms with van der Waals surface area (Å²) < 4.78 is 41.3. The Balaban J connectivity index is 1.37. The Morgan fingerprint density at radius 1 is 1.13 bits per heavy atom. The number of carbonyl (C=O) groups excluding carboxylic acids is 2. The standard InChI is InChI=1S/C33H35F3N8O2/c1-19-17-40-31(45)22-5-3-7-25(15-22)44-29-23(6-4-14-43(19)2)18-39-30(37)27(29)28(42-44)20-8-10-21(11-9-20)32(46)41-26-16-24(12-13-38-26)33(34,35)36/h4,6,8-13,16,18-19,22,25H,3,5,7,14-15,17H2,1-2H3,(H2,37,39)(H,40,45)(H,38,41,46)/b6-4+/t19-,22-,25-/m1/s1. The maximum Gasteiger partial charge on any atom is 0.416 e. The monoisotopic (exact) mass is 632 g/mol. The van der Waals surface area contributed by atoms with Crippen LogP contribution in [0.3, 0.4) is 0 Å². The van der Waals surface area contributed by atoms with Gasteiger partial charge in [-0.25, -0.2) is 9.97 Å². The number of aromatic nitrogens is 4. The predicted molar refractivity (Wildman–Crippen MR) is 170 cm³/mol. The van der Waals surface area contributed by atoms with Gasteiger partial charge in [-0.1, -0.05) is 30.7 Å². The molecule has 0 spiro atoms. The third-order valence-corrected chi connectivity index (χ3v) is 8.91. The summed E-state index contributed by atoms with van der Waals surface area (Å²) in [4.78, 5) is 36.6. The zero-order valence-electron chi connectivity index (χ0n) is 25.5. The summed E-state index contributed by atoms with van der Waals surface area (Å²) in [6.45, 7) is 3.32. The van der Waals surface area contributed by atoms with Gasteiger partial charge in [0.15, 0.2) is 0 Å². The van der Waals surface area contributed by atoms with E-state index in [2.05, 4.69) is 38.5 Å². The summed E-state index contributed by atoms with van der Waals surface area (Å²) in [7, 11) is 2.02.